The van der Waals surface area contributed by atoms with Crippen LogP contribution in [-0.4, -0.2) is 36.7 Å². The highest BCUT2D eigenvalue weighted by molar-refractivity contribution is 7.89. The molecule has 2 aromatic carbocycles. The van der Waals surface area contributed by atoms with Crippen LogP contribution >= 0.6 is 11.3 Å². The van der Waals surface area contributed by atoms with Crippen LogP contribution in [0.2, 0.25) is 0 Å². The Labute approximate surface area is 186 Å². The quantitative estimate of drug-likeness (QED) is 0.555. The Morgan fingerprint density at radius 2 is 1.74 bits per heavy atom. The highest BCUT2D eigenvalue weighted by Crippen LogP contribution is 2.27. The summed E-state index contributed by atoms with van der Waals surface area (Å²) in [7, 11) is -3.43. The second kappa shape index (κ2) is 9.13. The molecule has 1 aliphatic heterocycles. The molecule has 0 spiro atoms. The van der Waals surface area contributed by atoms with Gasteiger partial charge in [0.2, 0.25) is 15.9 Å². The molecule has 2 heterocycles. The second-order valence-electron chi connectivity index (χ2n) is 7.41. The number of hydrogen-bond donors (Lipinski definition) is 1. The highest BCUT2D eigenvalue weighted by atomic mass is 32.2. The maximum Gasteiger partial charge on any atom is 0.250 e. The molecular formula is C23H23N3O3S2. The monoisotopic (exact) mass is 453 g/mol. The number of aromatic nitrogens is 1. The van der Waals surface area contributed by atoms with E-state index in [9.17, 15) is 13.2 Å². The van der Waals surface area contributed by atoms with E-state index >= 15 is 0 Å². The number of hydrogen-bond acceptors (Lipinski definition) is 5. The van der Waals surface area contributed by atoms with Gasteiger partial charge in [-0.15, -0.1) is 11.3 Å². The van der Waals surface area contributed by atoms with Crippen LogP contribution in [0.1, 0.15) is 24.0 Å². The smallest absolute Gasteiger partial charge is 0.250 e. The van der Waals surface area contributed by atoms with Crippen LogP contribution in [-0.2, 0) is 14.8 Å². The maximum atomic E-state index is 12.6. The first-order chi connectivity index (χ1) is 14.9. The van der Waals surface area contributed by atoms with Crippen LogP contribution < -0.4 is 5.32 Å². The first-order valence-corrected chi connectivity index (χ1v) is 12.4. The third kappa shape index (κ3) is 5.10. The number of nitrogens with one attached hydrogen (secondary N) is 1. The molecule has 1 aliphatic rings. The van der Waals surface area contributed by atoms with Crippen LogP contribution in [0.25, 0.3) is 17.3 Å². The highest BCUT2D eigenvalue weighted by Gasteiger charge is 2.27. The van der Waals surface area contributed by atoms with Crippen molar-refractivity contribution < 1.29 is 13.2 Å². The van der Waals surface area contributed by atoms with E-state index in [-0.39, 0.29) is 5.91 Å². The number of amides is 1. The van der Waals surface area contributed by atoms with Gasteiger partial charge in [-0.1, -0.05) is 42.0 Å². The summed E-state index contributed by atoms with van der Waals surface area (Å²) in [6.07, 6.45) is 5.04. The van der Waals surface area contributed by atoms with Crippen molar-refractivity contribution in [3.8, 4) is 11.3 Å². The van der Waals surface area contributed by atoms with Crippen LogP contribution in [0.5, 0.6) is 0 Å². The summed E-state index contributed by atoms with van der Waals surface area (Å²) in [4.78, 5) is 16.9. The lowest BCUT2D eigenvalue weighted by atomic mass is 10.1. The summed E-state index contributed by atoms with van der Waals surface area (Å²) in [5.74, 6) is -0.256. The van der Waals surface area contributed by atoms with E-state index in [0.29, 0.717) is 28.8 Å². The summed E-state index contributed by atoms with van der Waals surface area (Å²) in [5.41, 5.74) is 3.60. The zero-order chi connectivity index (χ0) is 21.8. The molecule has 6 nitrogen and oxygen atoms in total. The summed E-state index contributed by atoms with van der Waals surface area (Å²) >= 11 is 1.32. The molecule has 4 rings (SSSR count). The first kappa shape index (κ1) is 21.4. The van der Waals surface area contributed by atoms with E-state index in [2.05, 4.69) is 10.3 Å². The van der Waals surface area contributed by atoms with Gasteiger partial charge in [-0.05, 0) is 43.5 Å². The molecule has 8 heteroatoms. The van der Waals surface area contributed by atoms with Crippen molar-refractivity contribution in [2.45, 2.75) is 24.7 Å². The molecule has 1 amide bonds. The molecule has 3 aromatic rings. The molecule has 1 aromatic heterocycles. The lowest BCUT2D eigenvalue weighted by molar-refractivity contribution is -0.111. The number of anilines is 1. The number of carbonyl (C=O) groups is 1. The SMILES string of the molecule is Cc1ccc(C=CC(=O)Nc2nc(-c3ccc(S(=O)(=O)N4CCCC4)cc3)cs2)cc1. The predicted octanol–water partition coefficient (Wildman–Crippen LogP) is 4.55. The Hall–Kier alpha value is -2.81. The third-order valence-corrected chi connectivity index (χ3v) is 7.76. The Kier molecular flexibility index (Phi) is 6.31. The maximum absolute atomic E-state index is 12.6. The van der Waals surface area contributed by atoms with E-state index in [1.807, 2.05) is 36.6 Å². The van der Waals surface area contributed by atoms with Gasteiger partial charge >= 0.3 is 0 Å². The van der Waals surface area contributed by atoms with Crippen LogP contribution in [0.4, 0.5) is 5.13 Å². The van der Waals surface area contributed by atoms with Crippen LogP contribution in [0.3, 0.4) is 0 Å². The Morgan fingerprint density at radius 1 is 1.06 bits per heavy atom. The van der Waals surface area contributed by atoms with Crippen molar-refractivity contribution in [1.29, 1.82) is 0 Å². The molecule has 0 radical (unpaired) electrons. The van der Waals surface area contributed by atoms with Crippen LogP contribution in [0.15, 0.2) is 64.9 Å². The van der Waals surface area contributed by atoms with Crippen molar-refractivity contribution in [2.24, 2.45) is 0 Å². The summed E-state index contributed by atoms with van der Waals surface area (Å²) in [6.45, 7) is 3.18. The van der Waals surface area contributed by atoms with Crippen molar-refractivity contribution in [2.75, 3.05) is 18.4 Å². The van der Waals surface area contributed by atoms with Crippen molar-refractivity contribution in [3.05, 3.63) is 71.1 Å². The van der Waals surface area contributed by atoms with E-state index in [4.69, 9.17) is 0 Å². The van der Waals surface area contributed by atoms with Gasteiger partial charge < -0.3 is 0 Å². The number of carbonyl (C=O) groups excluding carboxylic acids is 1. The number of nitrogens with zero attached hydrogens (tertiary/aromatic N) is 2. The zero-order valence-electron chi connectivity index (χ0n) is 17.1. The van der Waals surface area contributed by atoms with Gasteiger partial charge in [0.25, 0.3) is 0 Å². The fraction of sp³-hybridized carbons (Fsp3) is 0.217. The fourth-order valence-electron chi connectivity index (χ4n) is 3.34. The van der Waals surface area contributed by atoms with Crippen molar-refractivity contribution >= 4 is 38.5 Å². The molecule has 1 saturated heterocycles. The van der Waals surface area contributed by atoms with Gasteiger partial charge in [-0.3, -0.25) is 10.1 Å². The molecule has 0 aliphatic carbocycles. The topological polar surface area (TPSA) is 79.4 Å². The number of aryl methyl sites for hydroxylation is 1. The second-order valence-corrected chi connectivity index (χ2v) is 10.2. The third-order valence-electron chi connectivity index (χ3n) is 5.09. The van der Waals surface area contributed by atoms with Crippen LogP contribution in [0, 0.1) is 6.92 Å². The van der Waals surface area contributed by atoms with Gasteiger partial charge in [-0.2, -0.15) is 4.31 Å². The standard InChI is InChI=1S/C23H23N3O3S2/c1-17-4-6-18(7-5-17)8-13-22(27)25-23-24-21(16-30-23)19-9-11-20(12-10-19)31(28,29)26-14-2-3-15-26/h4-13,16H,2-3,14-15H2,1H3,(H,24,25,27). The summed E-state index contributed by atoms with van der Waals surface area (Å²) in [6, 6.07) is 14.6. The molecule has 31 heavy (non-hydrogen) atoms. The molecule has 1 fully saturated rings. The van der Waals surface area contributed by atoms with Crippen molar-refractivity contribution in [3.63, 3.8) is 0 Å². The average Bonchev–Trinajstić information content (AvgIpc) is 3.46. The minimum Gasteiger partial charge on any atom is -0.298 e. The number of sulfonamides is 1. The minimum absolute atomic E-state index is 0.256. The molecule has 0 saturated carbocycles. The lowest BCUT2D eigenvalue weighted by Crippen LogP contribution is -2.27. The first-order valence-electron chi connectivity index (χ1n) is 10.0. The number of benzene rings is 2. The molecule has 0 unspecified atom stereocenters. The Bertz CT molecular complexity index is 1190. The van der Waals surface area contributed by atoms with Gasteiger partial charge in [0.15, 0.2) is 5.13 Å². The number of rotatable bonds is 6. The minimum atomic E-state index is -3.43. The molecular weight excluding hydrogens is 430 g/mol. The lowest BCUT2D eigenvalue weighted by Gasteiger charge is -2.15. The summed E-state index contributed by atoms with van der Waals surface area (Å²) in [5, 5.41) is 5.09. The van der Waals surface area contributed by atoms with E-state index in [1.54, 1.807) is 30.3 Å². The molecule has 160 valence electrons. The van der Waals surface area contributed by atoms with Gasteiger partial charge in [0, 0.05) is 30.1 Å². The Morgan fingerprint density at radius 3 is 2.42 bits per heavy atom. The Balaban J connectivity index is 1.41. The van der Waals surface area contributed by atoms with E-state index in [1.165, 1.54) is 27.3 Å². The van der Waals surface area contributed by atoms with E-state index < -0.39 is 10.0 Å². The number of thiazole rings is 1. The zero-order valence-corrected chi connectivity index (χ0v) is 18.7. The molecule has 0 bridgehead atoms. The fourth-order valence-corrected chi connectivity index (χ4v) is 5.58. The largest absolute Gasteiger partial charge is 0.298 e. The predicted molar refractivity (Wildman–Crippen MR) is 124 cm³/mol. The summed E-state index contributed by atoms with van der Waals surface area (Å²) < 4.78 is 26.8. The van der Waals surface area contributed by atoms with Gasteiger partial charge in [0.1, 0.15) is 0 Å². The average molecular weight is 454 g/mol. The van der Waals surface area contributed by atoms with E-state index in [0.717, 1.165) is 24.0 Å². The normalized spacial score (nSPS) is 14.9. The van der Waals surface area contributed by atoms with Gasteiger partial charge in [-0.25, -0.2) is 13.4 Å². The molecule has 1 N–H and O–H groups in total. The van der Waals surface area contributed by atoms with Gasteiger partial charge in [0.05, 0.1) is 10.6 Å². The molecule has 0 atom stereocenters. The van der Waals surface area contributed by atoms with Crippen molar-refractivity contribution in [1.82, 2.24) is 9.29 Å².